The Hall–Kier alpha value is -0.540. The summed E-state index contributed by atoms with van der Waals surface area (Å²) in [5, 5.41) is 3.37. The second-order valence-electron chi connectivity index (χ2n) is 4.65. The molecule has 1 unspecified atom stereocenters. The van der Waals surface area contributed by atoms with Crippen molar-refractivity contribution >= 4 is 15.9 Å². The summed E-state index contributed by atoms with van der Waals surface area (Å²) in [4.78, 5) is 0. The Morgan fingerprint density at radius 2 is 2.06 bits per heavy atom. The van der Waals surface area contributed by atoms with Gasteiger partial charge in [0.1, 0.15) is 5.75 Å². The van der Waals surface area contributed by atoms with Crippen LogP contribution in [0.3, 0.4) is 0 Å². The van der Waals surface area contributed by atoms with Gasteiger partial charge in [0.05, 0.1) is 11.6 Å². The summed E-state index contributed by atoms with van der Waals surface area (Å²) >= 11 is 3.52. The molecule has 1 atom stereocenters. The molecule has 0 saturated heterocycles. The van der Waals surface area contributed by atoms with Gasteiger partial charge in [-0.1, -0.05) is 19.9 Å². The van der Waals surface area contributed by atoms with Gasteiger partial charge < -0.3 is 10.1 Å². The van der Waals surface area contributed by atoms with Crippen LogP contribution < -0.4 is 10.1 Å². The second-order valence-corrected chi connectivity index (χ2v) is 5.50. The summed E-state index contributed by atoms with van der Waals surface area (Å²) in [7, 11) is 3.73. The molecule has 0 aromatic heterocycles. The lowest BCUT2D eigenvalue weighted by Crippen LogP contribution is -2.30. The maximum absolute atomic E-state index is 5.23. The highest BCUT2D eigenvalue weighted by Gasteiger charge is 2.11. The lowest BCUT2D eigenvalue weighted by molar-refractivity contribution is 0.402. The van der Waals surface area contributed by atoms with Crippen molar-refractivity contribution in [2.75, 3.05) is 14.2 Å². The zero-order chi connectivity index (χ0) is 12.8. The third-order valence-corrected chi connectivity index (χ3v) is 3.76. The molecule has 1 aromatic carbocycles. The topological polar surface area (TPSA) is 21.3 Å². The molecule has 0 bridgehead atoms. The van der Waals surface area contributed by atoms with Crippen LogP contribution in [0.4, 0.5) is 0 Å². The van der Waals surface area contributed by atoms with Gasteiger partial charge in [-0.25, -0.2) is 0 Å². The maximum Gasteiger partial charge on any atom is 0.133 e. The fourth-order valence-corrected chi connectivity index (χ4v) is 2.59. The Labute approximate surface area is 113 Å². The van der Waals surface area contributed by atoms with Crippen molar-refractivity contribution < 1.29 is 4.74 Å². The molecule has 0 radical (unpaired) electrons. The molecule has 96 valence electrons. The first-order valence-corrected chi connectivity index (χ1v) is 6.87. The molecule has 0 aliphatic carbocycles. The summed E-state index contributed by atoms with van der Waals surface area (Å²) in [5.74, 6) is 1.56. The van der Waals surface area contributed by atoms with E-state index < -0.39 is 0 Å². The first-order chi connectivity index (χ1) is 8.08. The van der Waals surface area contributed by atoms with Gasteiger partial charge >= 0.3 is 0 Å². The largest absolute Gasteiger partial charge is 0.496 e. The van der Waals surface area contributed by atoms with Crippen LogP contribution in [0.25, 0.3) is 0 Å². The lowest BCUT2D eigenvalue weighted by Gasteiger charge is -2.20. The predicted octanol–water partition coefficient (Wildman–Crippen LogP) is 3.63. The van der Waals surface area contributed by atoms with Crippen LogP contribution in [-0.4, -0.2) is 20.2 Å². The van der Waals surface area contributed by atoms with E-state index in [1.54, 1.807) is 7.11 Å². The molecule has 1 aromatic rings. The Morgan fingerprint density at radius 1 is 1.35 bits per heavy atom. The van der Waals surface area contributed by atoms with Crippen molar-refractivity contribution in [3.8, 4) is 5.75 Å². The molecule has 0 heterocycles. The van der Waals surface area contributed by atoms with Gasteiger partial charge in [-0.05, 0) is 59.4 Å². The minimum atomic E-state index is 0.580. The number of nitrogens with one attached hydrogen (secondary N) is 1. The van der Waals surface area contributed by atoms with Crippen LogP contribution in [0.1, 0.15) is 25.8 Å². The second kappa shape index (κ2) is 7.02. The van der Waals surface area contributed by atoms with E-state index in [1.807, 2.05) is 13.1 Å². The van der Waals surface area contributed by atoms with E-state index in [1.165, 1.54) is 5.56 Å². The number of ether oxygens (including phenoxy) is 1. The third kappa shape index (κ3) is 4.32. The number of hydrogen-bond acceptors (Lipinski definition) is 2. The Kier molecular flexibility index (Phi) is 6.00. The molecule has 1 N–H and O–H groups in total. The van der Waals surface area contributed by atoms with Crippen molar-refractivity contribution in [2.45, 2.75) is 32.7 Å². The van der Waals surface area contributed by atoms with E-state index in [-0.39, 0.29) is 0 Å². The van der Waals surface area contributed by atoms with Gasteiger partial charge in [0, 0.05) is 6.04 Å². The smallest absolute Gasteiger partial charge is 0.133 e. The summed E-state index contributed by atoms with van der Waals surface area (Å²) in [5.41, 5.74) is 1.35. The van der Waals surface area contributed by atoms with Crippen molar-refractivity contribution in [3.63, 3.8) is 0 Å². The van der Waals surface area contributed by atoms with E-state index >= 15 is 0 Å². The molecular formula is C14H22BrNO. The lowest BCUT2D eigenvalue weighted by atomic mass is 9.97. The number of methoxy groups -OCH3 is 1. The highest BCUT2D eigenvalue weighted by molar-refractivity contribution is 9.10. The van der Waals surface area contributed by atoms with Crippen LogP contribution in [-0.2, 0) is 6.42 Å². The number of halogens is 1. The number of benzene rings is 1. The first kappa shape index (κ1) is 14.5. The first-order valence-electron chi connectivity index (χ1n) is 6.08. The Balaban J connectivity index is 2.60. The van der Waals surface area contributed by atoms with Crippen LogP contribution in [0.2, 0.25) is 0 Å². The van der Waals surface area contributed by atoms with Crippen molar-refractivity contribution in [1.29, 1.82) is 0 Å². The van der Waals surface area contributed by atoms with Crippen molar-refractivity contribution in [1.82, 2.24) is 5.32 Å². The van der Waals surface area contributed by atoms with E-state index in [0.29, 0.717) is 12.0 Å². The van der Waals surface area contributed by atoms with E-state index in [4.69, 9.17) is 4.74 Å². The quantitative estimate of drug-likeness (QED) is 0.866. The van der Waals surface area contributed by atoms with Crippen LogP contribution >= 0.6 is 15.9 Å². The third-order valence-electron chi connectivity index (χ3n) is 3.14. The number of hydrogen-bond donors (Lipinski definition) is 1. The zero-order valence-corrected chi connectivity index (χ0v) is 12.7. The molecule has 1 rings (SSSR count). The van der Waals surface area contributed by atoms with Crippen LogP contribution in [0, 0.1) is 5.92 Å². The molecular weight excluding hydrogens is 278 g/mol. The summed E-state index contributed by atoms with van der Waals surface area (Å²) in [6.45, 7) is 4.51. The van der Waals surface area contributed by atoms with Gasteiger partial charge in [0.15, 0.2) is 0 Å². The molecule has 0 aliphatic rings. The zero-order valence-electron chi connectivity index (χ0n) is 11.1. The minimum absolute atomic E-state index is 0.580. The summed E-state index contributed by atoms with van der Waals surface area (Å²) < 4.78 is 6.26. The van der Waals surface area contributed by atoms with E-state index in [0.717, 1.165) is 23.1 Å². The standard InChI is InChI=1S/C14H22BrNO/c1-10(2)13(16-3)7-5-11-6-8-14(17-4)12(15)9-11/h6,8-10,13,16H,5,7H2,1-4H3. The Bertz CT molecular complexity index is 352. The molecule has 0 aliphatic heterocycles. The SMILES string of the molecule is CNC(CCc1ccc(OC)c(Br)c1)C(C)C. The molecule has 2 nitrogen and oxygen atoms in total. The molecule has 17 heavy (non-hydrogen) atoms. The Morgan fingerprint density at radius 3 is 2.53 bits per heavy atom. The van der Waals surface area contributed by atoms with Gasteiger partial charge in [-0.2, -0.15) is 0 Å². The van der Waals surface area contributed by atoms with Crippen molar-refractivity contribution in [3.05, 3.63) is 28.2 Å². The minimum Gasteiger partial charge on any atom is -0.496 e. The molecule has 3 heteroatoms. The fourth-order valence-electron chi connectivity index (χ4n) is 2.00. The van der Waals surface area contributed by atoms with E-state index in [9.17, 15) is 0 Å². The molecule has 0 amide bonds. The monoisotopic (exact) mass is 299 g/mol. The molecule has 0 fully saturated rings. The summed E-state index contributed by atoms with van der Waals surface area (Å²) in [6, 6.07) is 6.88. The van der Waals surface area contributed by atoms with E-state index in [2.05, 4.69) is 47.2 Å². The highest BCUT2D eigenvalue weighted by Crippen LogP contribution is 2.26. The molecule has 0 spiro atoms. The summed E-state index contributed by atoms with van der Waals surface area (Å²) in [6.07, 6.45) is 2.25. The van der Waals surface area contributed by atoms with Crippen LogP contribution in [0.15, 0.2) is 22.7 Å². The molecule has 0 saturated carbocycles. The normalized spacial score (nSPS) is 12.8. The van der Waals surface area contributed by atoms with Gasteiger partial charge in [-0.15, -0.1) is 0 Å². The average Bonchev–Trinajstić information content (AvgIpc) is 2.29. The van der Waals surface area contributed by atoms with Gasteiger partial charge in [0.2, 0.25) is 0 Å². The highest BCUT2D eigenvalue weighted by atomic mass is 79.9. The number of rotatable bonds is 6. The number of aryl methyl sites for hydroxylation is 1. The van der Waals surface area contributed by atoms with Gasteiger partial charge in [-0.3, -0.25) is 0 Å². The van der Waals surface area contributed by atoms with Crippen LogP contribution in [0.5, 0.6) is 5.75 Å². The predicted molar refractivity (Wildman–Crippen MR) is 76.7 cm³/mol. The van der Waals surface area contributed by atoms with Crippen molar-refractivity contribution in [2.24, 2.45) is 5.92 Å². The fraction of sp³-hybridized carbons (Fsp3) is 0.571. The van der Waals surface area contributed by atoms with Gasteiger partial charge in [0.25, 0.3) is 0 Å². The average molecular weight is 300 g/mol. The maximum atomic E-state index is 5.23.